The van der Waals surface area contributed by atoms with Crippen LogP contribution >= 0.6 is 0 Å². The van der Waals surface area contributed by atoms with Gasteiger partial charge in [0.15, 0.2) is 5.82 Å². The second-order valence-electron chi connectivity index (χ2n) is 12.2. The van der Waals surface area contributed by atoms with Crippen molar-refractivity contribution in [3.8, 4) is 0 Å². The normalized spacial score (nSPS) is 21.0. The SMILES string of the molecule is CN1C(=O)CCN(C2CCCCC2)c2nc(Nc3cc(F)c(C(=O)NCC4(CN5CCCC5)CC4)cc3F)ncc21. The first-order valence-corrected chi connectivity index (χ1v) is 15.0. The topological polar surface area (TPSA) is 93.7 Å². The molecule has 2 aromatic rings. The summed E-state index contributed by atoms with van der Waals surface area (Å²) in [4.78, 5) is 40.6. The molecule has 0 radical (unpaired) electrons. The molecule has 1 aromatic carbocycles. The Morgan fingerprint density at radius 1 is 1.05 bits per heavy atom. The van der Waals surface area contributed by atoms with E-state index in [9.17, 15) is 9.59 Å². The zero-order chi connectivity index (χ0) is 28.6. The first kappa shape index (κ1) is 27.8. The Morgan fingerprint density at radius 2 is 1.80 bits per heavy atom. The van der Waals surface area contributed by atoms with Gasteiger partial charge in [-0.05, 0) is 57.7 Å². The largest absolute Gasteiger partial charge is 0.351 e. The molecule has 0 unspecified atom stereocenters. The Labute approximate surface area is 239 Å². The van der Waals surface area contributed by atoms with E-state index in [4.69, 9.17) is 0 Å². The van der Waals surface area contributed by atoms with Crippen molar-refractivity contribution in [1.29, 1.82) is 0 Å². The number of carbonyl (C=O) groups is 2. The van der Waals surface area contributed by atoms with Crippen molar-refractivity contribution in [1.82, 2.24) is 20.2 Å². The lowest BCUT2D eigenvalue weighted by molar-refractivity contribution is -0.118. The Hall–Kier alpha value is -3.34. The number of benzene rings is 1. The second kappa shape index (κ2) is 11.5. The fourth-order valence-corrected chi connectivity index (χ4v) is 6.53. The summed E-state index contributed by atoms with van der Waals surface area (Å²) in [7, 11) is 1.71. The van der Waals surface area contributed by atoms with E-state index in [0.717, 1.165) is 70.3 Å². The summed E-state index contributed by atoms with van der Waals surface area (Å²) < 4.78 is 30.3. The average molecular weight is 568 g/mol. The first-order chi connectivity index (χ1) is 19.8. The summed E-state index contributed by atoms with van der Waals surface area (Å²) in [6.07, 6.45) is 11.9. The molecule has 11 heteroatoms. The van der Waals surface area contributed by atoms with Crippen molar-refractivity contribution in [2.45, 2.75) is 70.3 Å². The second-order valence-corrected chi connectivity index (χ2v) is 12.2. The maximum atomic E-state index is 15.2. The molecule has 1 saturated heterocycles. The van der Waals surface area contributed by atoms with Crippen molar-refractivity contribution in [3.05, 3.63) is 35.5 Å². The summed E-state index contributed by atoms with van der Waals surface area (Å²) in [6.45, 7) is 4.12. The Bertz CT molecular complexity index is 1310. The lowest BCUT2D eigenvalue weighted by Gasteiger charge is -2.35. The summed E-state index contributed by atoms with van der Waals surface area (Å²) in [6, 6.07) is 2.17. The lowest BCUT2D eigenvalue weighted by Crippen LogP contribution is -2.38. The van der Waals surface area contributed by atoms with Gasteiger partial charge in [-0.15, -0.1) is 0 Å². The fraction of sp³-hybridized carbons (Fsp3) is 0.600. The number of amides is 2. The molecule has 3 fully saturated rings. The van der Waals surface area contributed by atoms with Gasteiger partial charge in [-0.3, -0.25) is 9.59 Å². The first-order valence-electron chi connectivity index (χ1n) is 15.0. The van der Waals surface area contributed by atoms with E-state index < -0.39 is 17.5 Å². The smallest absolute Gasteiger partial charge is 0.254 e. The van der Waals surface area contributed by atoms with Crippen LogP contribution in [0.25, 0.3) is 0 Å². The molecule has 2 N–H and O–H groups in total. The van der Waals surface area contributed by atoms with E-state index in [1.54, 1.807) is 18.1 Å². The number of nitrogens with one attached hydrogen (secondary N) is 2. The van der Waals surface area contributed by atoms with Gasteiger partial charge < -0.3 is 25.3 Å². The molecule has 2 aliphatic heterocycles. The van der Waals surface area contributed by atoms with Gasteiger partial charge in [0.25, 0.3) is 5.91 Å². The number of fused-ring (bicyclic) bond motifs is 1. The number of hydrogen-bond donors (Lipinski definition) is 2. The quantitative estimate of drug-likeness (QED) is 0.481. The zero-order valence-electron chi connectivity index (χ0n) is 23.7. The van der Waals surface area contributed by atoms with Crippen LogP contribution < -0.4 is 20.4 Å². The maximum absolute atomic E-state index is 15.2. The minimum Gasteiger partial charge on any atom is -0.351 e. The van der Waals surface area contributed by atoms with Gasteiger partial charge >= 0.3 is 0 Å². The van der Waals surface area contributed by atoms with Gasteiger partial charge in [0.2, 0.25) is 11.9 Å². The molecule has 220 valence electrons. The van der Waals surface area contributed by atoms with Gasteiger partial charge in [0.05, 0.1) is 17.4 Å². The zero-order valence-corrected chi connectivity index (χ0v) is 23.7. The number of halogens is 2. The minimum atomic E-state index is -0.820. The molecule has 6 rings (SSSR count). The van der Waals surface area contributed by atoms with E-state index in [2.05, 4.69) is 30.4 Å². The van der Waals surface area contributed by atoms with E-state index >= 15 is 8.78 Å². The van der Waals surface area contributed by atoms with E-state index in [-0.39, 0.29) is 34.6 Å². The molecular formula is C30H39F2N7O2. The summed E-state index contributed by atoms with van der Waals surface area (Å²) in [5.41, 5.74) is 0.162. The molecule has 4 aliphatic rings. The molecule has 2 aliphatic carbocycles. The number of aromatic nitrogens is 2. The molecule has 0 bridgehead atoms. The molecule has 2 saturated carbocycles. The minimum absolute atomic E-state index is 0.0144. The van der Waals surface area contributed by atoms with Crippen LogP contribution in [0.1, 0.15) is 74.6 Å². The van der Waals surface area contributed by atoms with Crippen LogP contribution in [-0.4, -0.2) is 72.5 Å². The summed E-state index contributed by atoms with van der Waals surface area (Å²) >= 11 is 0. The van der Waals surface area contributed by atoms with Crippen LogP contribution in [-0.2, 0) is 4.79 Å². The van der Waals surface area contributed by atoms with Crippen LogP contribution in [0.3, 0.4) is 0 Å². The maximum Gasteiger partial charge on any atom is 0.254 e. The lowest BCUT2D eigenvalue weighted by atomic mass is 9.94. The standard InChI is InChI=1S/C30H39F2N7O2/c1-37-25-17-33-29(36-27(25)39(14-9-26(37)40)20-7-3-2-4-8-20)35-24-16-22(31)21(15-23(24)32)28(41)34-18-30(10-11-30)19-38-12-5-6-13-38/h15-17,20H,2-14,18-19H2,1H3,(H,34,41)(H,33,35,36). The van der Waals surface area contributed by atoms with Gasteiger partial charge in [0.1, 0.15) is 17.3 Å². The highest BCUT2D eigenvalue weighted by molar-refractivity contribution is 5.97. The van der Waals surface area contributed by atoms with Crippen LogP contribution in [0.5, 0.6) is 0 Å². The molecule has 3 heterocycles. The van der Waals surface area contributed by atoms with Gasteiger partial charge in [-0.25, -0.2) is 13.8 Å². The van der Waals surface area contributed by atoms with Gasteiger partial charge in [-0.2, -0.15) is 4.98 Å². The number of carbonyl (C=O) groups excluding carboxylic acids is 2. The van der Waals surface area contributed by atoms with Crippen molar-refractivity contribution in [2.75, 3.05) is 54.9 Å². The monoisotopic (exact) mass is 567 g/mol. The molecule has 2 amide bonds. The average Bonchev–Trinajstić information content (AvgIpc) is 3.58. The summed E-state index contributed by atoms with van der Waals surface area (Å²) in [5, 5.41) is 5.64. The number of hydrogen-bond acceptors (Lipinski definition) is 7. The highest BCUT2D eigenvalue weighted by Crippen LogP contribution is 2.46. The number of rotatable bonds is 8. The van der Waals surface area contributed by atoms with Crippen LogP contribution in [0.15, 0.2) is 18.3 Å². The molecule has 1 aromatic heterocycles. The Kier molecular flexibility index (Phi) is 7.80. The molecule has 0 atom stereocenters. The predicted octanol–water partition coefficient (Wildman–Crippen LogP) is 4.61. The number of anilines is 4. The third-order valence-electron chi connectivity index (χ3n) is 9.23. The van der Waals surface area contributed by atoms with Crippen molar-refractivity contribution in [2.24, 2.45) is 5.41 Å². The van der Waals surface area contributed by atoms with E-state index in [0.29, 0.717) is 31.0 Å². The number of likely N-dealkylation sites (tertiary alicyclic amines) is 1. The third-order valence-corrected chi connectivity index (χ3v) is 9.23. The highest BCUT2D eigenvalue weighted by atomic mass is 19.1. The van der Waals surface area contributed by atoms with Gasteiger partial charge in [-0.1, -0.05) is 19.3 Å². The van der Waals surface area contributed by atoms with Gasteiger partial charge in [0, 0.05) is 50.6 Å². The van der Waals surface area contributed by atoms with E-state index in [1.165, 1.54) is 19.3 Å². The third kappa shape index (κ3) is 6.00. The predicted molar refractivity (Wildman–Crippen MR) is 154 cm³/mol. The number of nitrogens with zero attached hydrogens (tertiary/aromatic N) is 5. The van der Waals surface area contributed by atoms with Crippen LogP contribution in [0.4, 0.5) is 31.9 Å². The van der Waals surface area contributed by atoms with Crippen molar-refractivity contribution >= 4 is 35.0 Å². The molecule has 41 heavy (non-hydrogen) atoms. The Morgan fingerprint density at radius 3 is 2.54 bits per heavy atom. The fourth-order valence-electron chi connectivity index (χ4n) is 6.53. The van der Waals surface area contributed by atoms with Crippen molar-refractivity contribution in [3.63, 3.8) is 0 Å². The molecular weight excluding hydrogens is 528 g/mol. The van der Waals surface area contributed by atoms with Crippen molar-refractivity contribution < 1.29 is 18.4 Å². The Balaban J connectivity index is 1.17. The molecule has 0 spiro atoms. The van der Waals surface area contributed by atoms with Crippen LogP contribution in [0, 0.1) is 17.0 Å². The van der Waals surface area contributed by atoms with E-state index in [1.807, 2.05) is 0 Å². The van der Waals surface area contributed by atoms with Crippen LogP contribution in [0.2, 0.25) is 0 Å². The summed E-state index contributed by atoms with van der Waals surface area (Å²) in [5.74, 6) is -1.51. The molecule has 9 nitrogen and oxygen atoms in total. The highest BCUT2D eigenvalue weighted by Gasteiger charge is 2.44.